The molecule has 0 amide bonds. The number of esters is 1. The zero-order valence-electron chi connectivity index (χ0n) is 10.2. The Morgan fingerprint density at radius 2 is 2.28 bits per heavy atom. The summed E-state index contributed by atoms with van der Waals surface area (Å²) >= 11 is 0. The van der Waals surface area contributed by atoms with E-state index in [2.05, 4.69) is 4.98 Å². The van der Waals surface area contributed by atoms with Gasteiger partial charge in [0.2, 0.25) is 0 Å². The third-order valence-corrected chi connectivity index (χ3v) is 3.28. The zero-order chi connectivity index (χ0) is 13.1. The Balaban J connectivity index is 2.02. The molecule has 0 unspecified atom stereocenters. The van der Waals surface area contributed by atoms with Crippen molar-refractivity contribution in [1.29, 1.82) is 0 Å². The van der Waals surface area contributed by atoms with Gasteiger partial charge in [0.1, 0.15) is 0 Å². The summed E-state index contributed by atoms with van der Waals surface area (Å²) in [6, 6.07) is 1.43. The van der Waals surface area contributed by atoms with Gasteiger partial charge in [0.15, 0.2) is 0 Å². The molecule has 2 atom stereocenters. The molecule has 1 aromatic heterocycles. The fourth-order valence-electron chi connectivity index (χ4n) is 2.40. The van der Waals surface area contributed by atoms with Crippen LogP contribution in [0.3, 0.4) is 0 Å². The highest BCUT2D eigenvalue weighted by Gasteiger charge is 2.27. The van der Waals surface area contributed by atoms with E-state index in [1.165, 1.54) is 19.2 Å². The molecule has 1 aliphatic rings. The van der Waals surface area contributed by atoms with Crippen LogP contribution in [0.2, 0.25) is 0 Å². The van der Waals surface area contributed by atoms with Crippen LogP contribution < -0.4 is 11.2 Å². The fraction of sp³-hybridized carbons (Fsp3) is 0.583. The highest BCUT2D eigenvalue weighted by Crippen LogP contribution is 2.33. The molecule has 1 aliphatic carbocycles. The molecular formula is C12H16N2O4. The first-order valence-electron chi connectivity index (χ1n) is 6.01. The number of aromatic nitrogens is 2. The largest absolute Gasteiger partial charge is 0.466 e. The Morgan fingerprint density at radius 3 is 2.94 bits per heavy atom. The summed E-state index contributed by atoms with van der Waals surface area (Å²) in [4.78, 5) is 35.6. The van der Waals surface area contributed by atoms with Crippen LogP contribution in [0.4, 0.5) is 0 Å². The predicted molar refractivity (Wildman–Crippen MR) is 64.3 cm³/mol. The van der Waals surface area contributed by atoms with Crippen molar-refractivity contribution in [3.8, 4) is 0 Å². The molecular weight excluding hydrogens is 236 g/mol. The van der Waals surface area contributed by atoms with E-state index in [0.29, 0.717) is 6.61 Å². The SMILES string of the molecule is CC(=O)OC[C@@H]1CC[C@H](n2ccc(=O)[nH]c2=O)C1. The summed E-state index contributed by atoms with van der Waals surface area (Å²) in [6.45, 7) is 1.79. The maximum Gasteiger partial charge on any atom is 0.328 e. The average Bonchev–Trinajstić information content (AvgIpc) is 2.75. The highest BCUT2D eigenvalue weighted by atomic mass is 16.5. The summed E-state index contributed by atoms with van der Waals surface area (Å²) in [6.07, 6.45) is 4.10. The molecule has 2 rings (SSSR count). The van der Waals surface area contributed by atoms with E-state index in [1.807, 2.05) is 0 Å². The Hall–Kier alpha value is -1.85. The van der Waals surface area contributed by atoms with Gasteiger partial charge >= 0.3 is 11.7 Å². The molecule has 0 aromatic carbocycles. The van der Waals surface area contributed by atoms with Crippen molar-refractivity contribution in [3.63, 3.8) is 0 Å². The minimum atomic E-state index is -0.384. The molecule has 1 aromatic rings. The van der Waals surface area contributed by atoms with E-state index in [9.17, 15) is 14.4 Å². The Morgan fingerprint density at radius 1 is 1.50 bits per heavy atom. The van der Waals surface area contributed by atoms with E-state index in [-0.39, 0.29) is 29.2 Å². The summed E-state index contributed by atoms with van der Waals surface area (Å²) in [5.74, 6) is 0.0115. The van der Waals surface area contributed by atoms with Crippen LogP contribution in [0, 0.1) is 5.92 Å². The molecule has 0 radical (unpaired) electrons. The van der Waals surface area contributed by atoms with E-state index in [4.69, 9.17) is 4.74 Å². The first-order chi connectivity index (χ1) is 8.56. The average molecular weight is 252 g/mol. The van der Waals surface area contributed by atoms with E-state index < -0.39 is 0 Å². The maximum atomic E-state index is 11.6. The molecule has 98 valence electrons. The number of ether oxygens (including phenoxy) is 1. The fourth-order valence-corrected chi connectivity index (χ4v) is 2.40. The van der Waals surface area contributed by atoms with E-state index >= 15 is 0 Å². The van der Waals surface area contributed by atoms with Gasteiger partial charge in [-0.1, -0.05) is 0 Å². The van der Waals surface area contributed by atoms with Crippen molar-refractivity contribution in [2.75, 3.05) is 6.61 Å². The lowest BCUT2D eigenvalue weighted by atomic mass is 10.1. The molecule has 18 heavy (non-hydrogen) atoms. The van der Waals surface area contributed by atoms with Crippen molar-refractivity contribution in [3.05, 3.63) is 33.1 Å². The van der Waals surface area contributed by atoms with Crippen molar-refractivity contribution in [2.45, 2.75) is 32.2 Å². The van der Waals surface area contributed by atoms with E-state index in [0.717, 1.165) is 19.3 Å². The van der Waals surface area contributed by atoms with E-state index in [1.54, 1.807) is 4.57 Å². The maximum absolute atomic E-state index is 11.6. The second kappa shape index (κ2) is 5.20. The molecule has 6 heteroatoms. The van der Waals surface area contributed by atoms with Gasteiger partial charge in [-0.2, -0.15) is 0 Å². The number of nitrogens with zero attached hydrogens (tertiary/aromatic N) is 1. The Bertz CT molecular complexity index is 545. The van der Waals surface area contributed by atoms with Gasteiger partial charge in [0, 0.05) is 25.2 Å². The number of nitrogens with one attached hydrogen (secondary N) is 1. The van der Waals surface area contributed by atoms with Crippen LogP contribution in [0.5, 0.6) is 0 Å². The van der Waals surface area contributed by atoms with Gasteiger partial charge in [-0.15, -0.1) is 0 Å². The van der Waals surface area contributed by atoms with Gasteiger partial charge in [-0.3, -0.25) is 19.1 Å². The number of carbonyl (C=O) groups excluding carboxylic acids is 1. The lowest BCUT2D eigenvalue weighted by molar-refractivity contribution is -0.142. The van der Waals surface area contributed by atoms with Crippen LogP contribution in [-0.4, -0.2) is 22.1 Å². The molecule has 1 saturated carbocycles. The number of H-pyrrole nitrogens is 1. The number of carbonyl (C=O) groups is 1. The van der Waals surface area contributed by atoms with Gasteiger partial charge in [-0.05, 0) is 25.2 Å². The van der Waals surface area contributed by atoms with Gasteiger partial charge in [-0.25, -0.2) is 4.79 Å². The van der Waals surface area contributed by atoms with Crippen LogP contribution >= 0.6 is 0 Å². The van der Waals surface area contributed by atoms with Crippen molar-refractivity contribution in [1.82, 2.24) is 9.55 Å². The summed E-state index contributed by atoms with van der Waals surface area (Å²) in [5.41, 5.74) is -0.758. The number of hydrogen-bond acceptors (Lipinski definition) is 4. The smallest absolute Gasteiger partial charge is 0.328 e. The summed E-state index contributed by atoms with van der Waals surface area (Å²) in [7, 11) is 0. The second-order valence-electron chi connectivity index (χ2n) is 4.65. The molecule has 0 aliphatic heterocycles. The molecule has 6 nitrogen and oxygen atoms in total. The summed E-state index contributed by atoms with van der Waals surface area (Å²) < 4.78 is 6.53. The number of hydrogen-bond donors (Lipinski definition) is 1. The number of rotatable bonds is 3. The summed E-state index contributed by atoms with van der Waals surface area (Å²) in [5, 5.41) is 0. The third-order valence-electron chi connectivity index (χ3n) is 3.28. The van der Waals surface area contributed by atoms with Crippen LogP contribution in [0.25, 0.3) is 0 Å². The van der Waals surface area contributed by atoms with Gasteiger partial charge in [0.25, 0.3) is 5.56 Å². The standard InChI is InChI=1S/C12H16N2O4/c1-8(15)18-7-9-2-3-10(6-9)14-5-4-11(16)13-12(14)17/h4-5,9-10H,2-3,6-7H2,1H3,(H,13,16,17)/t9-,10+/m1/s1. The van der Waals surface area contributed by atoms with Crippen molar-refractivity contribution < 1.29 is 9.53 Å². The lowest BCUT2D eigenvalue weighted by Crippen LogP contribution is -2.30. The monoisotopic (exact) mass is 252 g/mol. The quantitative estimate of drug-likeness (QED) is 0.791. The van der Waals surface area contributed by atoms with Crippen molar-refractivity contribution >= 4 is 5.97 Å². The Labute approximate surface area is 104 Å². The third kappa shape index (κ3) is 2.88. The molecule has 1 fully saturated rings. The minimum Gasteiger partial charge on any atom is -0.466 e. The number of aromatic amines is 1. The first kappa shape index (κ1) is 12.6. The van der Waals surface area contributed by atoms with Crippen LogP contribution in [-0.2, 0) is 9.53 Å². The molecule has 1 heterocycles. The molecule has 0 saturated heterocycles. The van der Waals surface area contributed by atoms with Gasteiger partial charge in [0.05, 0.1) is 6.61 Å². The predicted octanol–water partition coefficient (Wildman–Crippen LogP) is 0.441. The van der Waals surface area contributed by atoms with Gasteiger partial charge < -0.3 is 4.74 Å². The zero-order valence-corrected chi connectivity index (χ0v) is 10.2. The normalized spacial score (nSPS) is 22.9. The second-order valence-corrected chi connectivity index (χ2v) is 4.65. The van der Waals surface area contributed by atoms with Crippen molar-refractivity contribution in [2.24, 2.45) is 5.92 Å². The Kier molecular flexibility index (Phi) is 3.64. The minimum absolute atomic E-state index is 0.0786. The lowest BCUT2D eigenvalue weighted by Gasteiger charge is -2.13. The molecule has 1 N–H and O–H groups in total. The first-order valence-corrected chi connectivity index (χ1v) is 6.01. The highest BCUT2D eigenvalue weighted by molar-refractivity contribution is 5.65. The van der Waals surface area contributed by atoms with Crippen LogP contribution in [0.15, 0.2) is 21.9 Å². The molecule has 0 bridgehead atoms. The topological polar surface area (TPSA) is 81.2 Å². The molecule has 0 spiro atoms. The van der Waals surface area contributed by atoms with Crippen LogP contribution in [0.1, 0.15) is 32.2 Å².